The van der Waals surface area contributed by atoms with Gasteiger partial charge in [-0.25, -0.2) is 4.39 Å². The van der Waals surface area contributed by atoms with E-state index in [1.165, 1.54) is 19.2 Å². The van der Waals surface area contributed by atoms with Crippen LogP contribution in [0.15, 0.2) is 47.5 Å². The first-order valence-electron chi connectivity index (χ1n) is 8.83. The summed E-state index contributed by atoms with van der Waals surface area (Å²) in [5.41, 5.74) is 1.45. The molecule has 160 valence electrons. The van der Waals surface area contributed by atoms with Gasteiger partial charge in [-0.15, -0.1) is 24.0 Å². The van der Waals surface area contributed by atoms with Gasteiger partial charge >= 0.3 is 6.61 Å². The minimum atomic E-state index is -2.92. The second kappa shape index (κ2) is 13.1. The van der Waals surface area contributed by atoms with Crippen LogP contribution in [0.4, 0.5) is 13.2 Å². The molecule has 0 aliphatic rings. The number of aliphatic imine (C=N–C) groups is 1. The molecule has 0 aromatic heterocycles. The molecule has 2 aromatic carbocycles. The highest BCUT2D eigenvalue weighted by Crippen LogP contribution is 2.29. The zero-order valence-corrected chi connectivity index (χ0v) is 18.6. The molecule has 0 unspecified atom stereocenters. The standard InChI is InChI=1S/C20H24F3N3O2.HI/c1-24-20(26-12-10-15-5-3-4-6-16(15)21)25-11-9-14-7-8-17(27-2)18(13-14)28-19(22)23;/h3-8,13,19H,9-12H2,1-2H3,(H2,24,25,26);1H. The summed E-state index contributed by atoms with van der Waals surface area (Å²) in [5, 5.41) is 6.25. The predicted octanol–water partition coefficient (Wildman–Crippen LogP) is 4.00. The third-order valence-electron chi connectivity index (χ3n) is 4.02. The Hall–Kier alpha value is -2.17. The molecule has 0 fully saturated rings. The number of ether oxygens (including phenoxy) is 2. The Morgan fingerprint density at radius 1 is 1.03 bits per heavy atom. The van der Waals surface area contributed by atoms with Gasteiger partial charge in [0.05, 0.1) is 7.11 Å². The van der Waals surface area contributed by atoms with Gasteiger partial charge in [0.15, 0.2) is 17.5 Å². The SMILES string of the molecule is CN=C(NCCc1ccc(OC)c(OC(F)F)c1)NCCc1ccccc1F.I. The average Bonchev–Trinajstić information content (AvgIpc) is 2.68. The summed E-state index contributed by atoms with van der Waals surface area (Å²) in [6.45, 7) is -1.87. The Kier molecular flexibility index (Phi) is 11.3. The van der Waals surface area contributed by atoms with Crippen LogP contribution >= 0.6 is 24.0 Å². The van der Waals surface area contributed by atoms with Crippen LogP contribution in [0.3, 0.4) is 0 Å². The number of rotatable bonds is 9. The van der Waals surface area contributed by atoms with Crippen molar-refractivity contribution in [2.45, 2.75) is 19.5 Å². The van der Waals surface area contributed by atoms with Crippen LogP contribution in [0.25, 0.3) is 0 Å². The molecule has 9 heteroatoms. The van der Waals surface area contributed by atoms with Crippen molar-refractivity contribution < 1.29 is 22.6 Å². The topological polar surface area (TPSA) is 54.9 Å². The van der Waals surface area contributed by atoms with Crippen molar-refractivity contribution in [2.75, 3.05) is 27.2 Å². The summed E-state index contributed by atoms with van der Waals surface area (Å²) < 4.78 is 48.1. The molecule has 5 nitrogen and oxygen atoms in total. The van der Waals surface area contributed by atoms with Crippen molar-refractivity contribution in [1.29, 1.82) is 0 Å². The smallest absolute Gasteiger partial charge is 0.387 e. The maximum atomic E-state index is 13.6. The van der Waals surface area contributed by atoms with E-state index in [-0.39, 0.29) is 41.3 Å². The summed E-state index contributed by atoms with van der Waals surface area (Å²) in [5.74, 6) is 0.604. The maximum Gasteiger partial charge on any atom is 0.387 e. The van der Waals surface area contributed by atoms with Gasteiger partial charge in [-0.3, -0.25) is 4.99 Å². The first-order valence-corrected chi connectivity index (χ1v) is 8.83. The predicted molar refractivity (Wildman–Crippen MR) is 118 cm³/mol. The van der Waals surface area contributed by atoms with Crippen molar-refractivity contribution >= 4 is 29.9 Å². The molecule has 0 heterocycles. The summed E-state index contributed by atoms with van der Waals surface area (Å²) in [6.07, 6.45) is 1.10. The molecule has 0 bridgehead atoms. The molecule has 2 aromatic rings. The van der Waals surface area contributed by atoms with E-state index in [1.807, 2.05) is 0 Å². The van der Waals surface area contributed by atoms with E-state index in [0.717, 1.165) is 5.56 Å². The minimum Gasteiger partial charge on any atom is -0.493 e. The third kappa shape index (κ3) is 8.38. The number of alkyl halides is 2. The van der Waals surface area contributed by atoms with E-state index in [1.54, 1.807) is 37.4 Å². The van der Waals surface area contributed by atoms with Crippen molar-refractivity contribution in [1.82, 2.24) is 10.6 Å². The van der Waals surface area contributed by atoms with Gasteiger partial charge < -0.3 is 20.1 Å². The van der Waals surface area contributed by atoms with Gasteiger partial charge in [0, 0.05) is 20.1 Å². The fourth-order valence-corrected chi connectivity index (χ4v) is 2.63. The lowest BCUT2D eigenvalue weighted by Crippen LogP contribution is -2.39. The Morgan fingerprint density at radius 3 is 2.34 bits per heavy atom. The van der Waals surface area contributed by atoms with Gasteiger partial charge in [0.1, 0.15) is 5.82 Å². The zero-order chi connectivity index (χ0) is 20.4. The van der Waals surface area contributed by atoms with Crippen molar-refractivity contribution in [3.63, 3.8) is 0 Å². The summed E-state index contributed by atoms with van der Waals surface area (Å²) in [7, 11) is 3.03. The molecule has 0 saturated heterocycles. The fraction of sp³-hybridized carbons (Fsp3) is 0.350. The maximum absolute atomic E-state index is 13.6. The van der Waals surface area contributed by atoms with Crippen LogP contribution in [0.2, 0.25) is 0 Å². The highest BCUT2D eigenvalue weighted by molar-refractivity contribution is 14.0. The molecular formula is C20H25F3IN3O2. The van der Waals surface area contributed by atoms with Gasteiger partial charge in [0.2, 0.25) is 0 Å². The van der Waals surface area contributed by atoms with Gasteiger partial charge in [0.25, 0.3) is 0 Å². The average molecular weight is 523 g/mol. The lowest BCUT2D eigenvalue weighted by atomic mass is 10.1. The van der Waals surface area contributed by atoms with Gasteiger partial charge in [-0.1, -0.05) is 24.3 Å². The highest BCUT2D eigenvalue weighted by atomic mass is 127. The highest BCUT2D eigenvalue weighted by Gasteiger charge is 2.11. The molecule has 0 atom stereocenters. The summed E-state index contributed by atoms with van der Waals surface area (Å²) >= 11 is 0. The number of halogens is 4. The Balaban J connectivity index is 0.00000420. The number of hydrogen-bond acceptors (Lipinski definition) is 3. The van der Waals surface area contributed by atoms with E-state index in [2.05, 4.69) is 20.4 Å². The monoisotopic (exact) mass is 523 g/mol. The Morgan fingerprint density at radius 2 is 1.72 bits per heavy atom. The van der Waals surface area contributed by atoms with E-state index in [0.29, 0.717) is 37.5 Å². The zero-order valence-electron chi connectivity index (χ0n) is 16.3. The van der Waals surface area contributed by atoms with Crippen LogP contribution in [0.5, 0.6) is 11.5 Å². The Labute approximate surface area is 185 Å². The third-order valence-corrected chi connectivity index (χ3v) is 4.02. The molecule has 2 N–H and O–H groups in total. The van der Waals surface area contributed by atoms with Gasteiger partial charge in [-0.2, -0.15) is 8.78 Å². The van der Waals surface area contributed by atoms with E-state index < -0.39 is 6.61 Å². The number of guanidine groups is 1. The van der Waals surface area contributed by atoms with Crippen molar-refractivity contribution in [2.24, 2.45) is 4.99 Å². The second-order valence-electron chi connectivity index (χ2n) is 5.88. The second-order valence-corrected chi connectivity index (χ2v) is 5.88. The lowest BCUT2D eigenvalue weighted by molar-refractivity contribution is -0.0512. The molecular weight excluding hydrogens is 498 g/mol. The number of hydrogen-bond donors (Lipinski definition) is 2. The van der Waals surface area contributed by atoms with Gasteiger partial charge in [-0.05, 0) is 42.2 Å². The molecule has 0 spiro atoms. The number of nitrogens with zero attached hydrogens (tertiary/aromatic N) is 1. The quantitative estimate of drug-likeness (QED) is 0.297. The number of nitrogens with one attached hydrogen (secondary N) is 2. The molecule has 0 radical (unpaired) electrons. The van der Waals surface area contributed by atoms with Crippen LogP contribution in [-0.4, -0.2) is 39.8 Å². The van der Waals surface area contributed by atoms with Crippen LogP contribution < -0.4 is 20.1 Å². The van der Waals surface area contributed by atoms with Crippen LogP contribution in [-0.2, 0) is 12.8 Å². The van der Waals surface area contributed by atoms with Crippen molar-refractivity contribution in [3.05, 3.63) is 59.4 Å². The Bertz CT molecular complexity index is 791. The first-order chi connectivity index (χ1) is 13.5. The van der Waals surface area contributed by atoms with Crippen LogP contribution in [0.1, 0.15) is 11.1 Å². The molecule has 29 heavy (non-hydrogen) atoms. The van der Waals surface area contributed by atoms with E-state index in [9.17, 15) is 13.2 Å². The summed E-state index contributed by atoms with van der Waals surface area (Å²) in [6, 6.07) is 11.5. The summed E-state index contributed by atoms with van der Waals surface area (Å²) in [4.78, 5) is 4.11. The van der Waals surface area contributed by atoms with Crippen LogP contribution in [0, 0.1) is 5.82 Å². The first kappa shape index (κ1) is 24.9. The van der Waals surface area contributed by atoms with E-state index in [4.69, 9.17) is 4.74 Å². The fourth-order valence-electron chi connectivity index (χ4n) is 2.63. The lowest BCUT2D eigenvalue weighted by Gasteiger charge is -2.14. The molecule has 0 amide bonds. The molecule has 0 aliphatic heterocycles. The number of methoxy groups -OCH3 is 1. The normalized spacial score (nSPS) is 11.0. The van der Waals surface area contributed by atoms with Crippen molar-refractivity contribution in [3.8, 4) is 11.5 Å². The number of benzene rings is 2. The molecule has 2 rings (SSSR count). The largest absolute Gasteiger partial charge is 0.493 e. The van der Waals surface area contributed by atoms with E-state index >= 15 is 0 Å². The molecule has 0 aliphatic carbocycles. The minimum absolute atomic E-state index is 0. The molecule has 0 saturated carbocycles.